The van der Waals surface area contributed by atoms with Crippen LogP contribution < -0.4 is 4.74 Å². The lowest BCUT2D eigenvalue weighted by atomic mass is 10.3. The van der Waals surface area contributed by atoms with Crippen molar-refractivity contribution in [2.45, 2.75) is 13.5 Å². The number of benzene rings is 1. The van der Waals surface area contributed by atoms with Crippen LogP contribution in [0.5, 0.6) is 5.75 Å². The van der Waals surface area contributed by atoms with Crippen LogP contribution in [0.3, 0.4) is 0 Å². The summed E-state index contributed by atoms with van der Waals surface area (Å²) in [6.07, 6.45) is 1.73. The highest BCUT2D eigenvalue weighted by molar-refractivity contribution is 6.30. The van der Waals surface area contributed by atoms with Crippen molar-refractivity contribution in [1.29, 1.82) is 0 Å². The highest BCUT2D eigenvalue weighted by Crippen LogP contribution is 2.16. The molecule has 7 heteroatoms. The Morgan fingerprint density at radius 3 is 2.58 bits per heavy atom. The number of aryl methyl sites for hydroxylation is 1. The third-order valence-electron chi connectivity index (χ3n) is 3.93. The van der Waals surface area contributed by atoms with Gasteiger partial charge in [-0.3, -0.25) is 9.69 Å². The van der Waals surface area contributed by atoms with Crippen LogP contribution in [0, 0.1) is 6.92 Å². The first-order chi connectivity index (χ1) is 11.6. The molecule has 2 heterocycles. The monoisotopic (exact) mass is 349 g/mol. The van der Waals surface area contributed by atoms with E-state index in [1.54, 1.807) is 30.5 Å². The Morgan fingerprint density at radius 1 is 1.25 bits per heavy atom. The topological polar surface area (TPSA) is 58.8 Å². The number of hydrogen-bond acceptors (Lipinski definition) is 5. The summed E-state index contributed by atoms with van der Waals surface area (Å²) in [5.41, 5.74) is 0. The second-order valence-corrected chi connectivity index (χ2v) is 6.20. The van der Waals surface area contributed by atoms with Gasteiger partial charge in [-0.1, -0.05) is 11.6 Å². The second kappa shape index (κ2) is 7.68. The van der Waals surface area contributed by atoms with Crippen molar-refractivity contribution in [2.75, 3.05) is 32.8 Å². The lowest BCUT2D eigenvalue weighted by Gasteiger charge is -2.33. The summed E-state index contributed by atoms with van der Waals surface area (Å²) >= 11 is 5.82. The number of amides is 1. The summed E-state index contributed by atoms with van der Waals surface area (Å²) in [6.45, 7) is 5.57. The van der Waals surface area contributed by atoms with Crippen LogP contribution in [0.15, 0.2) is 34.9 Å². The van der Waals surface area contributed by atoms with Crippen molar-refractivity contribution >= 4 is 17.5 Å². The van der Waals surface area contributed by atoms with Crippen molar-refractivity contribution in [1.82, 2.24) is 14.8 Å². The second-order valence-electron chi connectivity index (χ2n) is 5.76. The lowest BCUT2D eigenvalue weighted by Crippen LogP contribution is -2.49. The summed E-state index contributed by atoms with van der Waals surface area (Å²) in [5.74, 6) is 2.18. The summed E-state index contributed by atoms with van der Waals surface area (Å²) in [6, 6.07) is 6.99. The molecule has 1 amide bonds. The third kappa shape index (κ3) is 4.49. The molecule has 1 saturated heterocycles. The minimum Gasteiger partial charge on any atom is -0.484 e. The minimum absolute atomic E-state index is 0.00318. The Bertz CT molecular complexity index is 679. The van der Waals surface area contributed by atoms with Gasteiger partial charge >= 0.3 is 0 Å². The molecule has 0 aliphatic carbocycles. The number of hydrogen-bond donors (Lipinski definition) is 0. The average Bonchev–Trinajstić information content (AvgIpc) is 2.99. The smallest absolute Gasteiger partial charge is 0.260 e. The Hall–Kier alpha value is -2.05. The lowest BCUT2D eigenvalue weighted by molar-refractivity contribution is -0.135. The highest BCUT2D eigenvalue weighted by Gasteiger charge is 2.22. The highest BCUT2D eigenvalue weighted by atomic mass is 35.5. The van der Waals surface area contributed by atoms with Gasteiger partial charge in [0, 0.05) is 31.2 Å². The maximum Gasteiger partial charge on any atom is 0.260 e. The Labute approximate surface area is 146 Å². The van der Waals surface area contributed by atoms with E-state index in [1.807, 2.05) is 11.8 Å². The van der Waals surface area contributed by atoms with E-state index in [9.17, 15) is 4.79 Å². The molecule has 0 unspecified atom stereocenters. The molecule has 1 fully saturated rings. The zero-order chi connectivity index (χ0) is 16.9. The summed E-state index contributed by atoms with van der Waals surface area (Å²) < 4.78 is 11.0. The molecule has 24 heavy (non-hydrogen) atoms. The fourth-order valence-electron chi connectivity index (χ4n) is 2.59. The van der Waals surface area contributed by atoms with E-state index in [2.05, 4.69) is 9.88 Å². The van der Waals surface area contributed by atoms with Gasteiger partial charge in [0.05, 0.1) is 12.7 Å². The number of halogens is 1. The molecule has 128 valence electrons. The van der Waals surface area contributed by atoms with Gasteiger partial charge in [0.25, 0.3) is 5.91 Å². The first-order valence-electron chi connectivity index (χ1n) is 7.90. The number of nitrogens with zero attached hydrogens (tertiary/aromatic N) is 3. The number of carbonyl (C=O) groups excluding carboxylic acids is 1. The third-order valence-corrected chi connectivity index (χ3v) is 4.18. The number of rotatable bonds is 5. The van der Waals surface area contributed by atoms with Crippen LogP contribution in [0.1, 0.15) is 11.7 Å². The maximum absolute atomic E-state index is 12.2. The first-order valence-corrected chi connectivity index (χ1v) is 8.28. The van der Waals surface area contributed by atoms with Gasteiger partial charge in [0.1, 0.15) is 11.5 Å². The van der Waals surface area contributed by atoms with E-state index >= 15 is 0 Å². The molecule has 1 aliphatic rings. The first kappa shape index (κ1) is 16.8. The number of oxazole rings is 1. The zero-order valence-corrected chi connectivity index (χ0v) is 14.3. The van der Waals surface area contributed by atoms with Crippen LogP contribution in [0.2, 0.25) is 5.02 Å². The van der Waals surface area contributed by atoms with Gasteiger partial charge < -0.3 is 14.1 Å². The van der Waals surface area contributed by atoms with Gasteiger partial charge in [0.2, 0.25) is 5.89 Å². The number of carbonyl (C=O) groups is 1. The molecule has 1 aliphatic heterocycles. The molecule has 0 bridgehead atoms. The minimum atomic E-state index is -0.00318. The van der Waals surface area contributed by atoms with Crippen LogP contribution in [-0.4, -0.2) is 53.5 Å². The Kier molecular flexibility index (Phi) is 5.37. The summed E-state index contributed by atoms with van der Waals surface area (Å²) in [7, 11) is 0. The van der Waals surface area contributed by atoms with Crippen molar-refractivity contribution < 1.29 is 13.9 Å². The van der Waals surface area contributed by atoms with E-state index < -0.39 is 0 Å². The molecular weight excluding hydrogens is 330 g/mol. The maximum atomic E-state index is 12.2. The Balaban J connectivity index is 1.42. The Morgan fingerprint density at radius 2 is 1.96 bits per heavy atom. The van der Waals surface area contributed by atoms with E-state index in [0.717, 1.165) is 24.7 Å². The van der Waals surface area contributed by atoms with E-state index in [1.165, 1.54) is 0 Å². The predicted octanol–water partition coefficient (Wildman–Crippen LogP) is 2.36. The molecular formula is C17H20ClN3O3. The van der Waals surface area contributed by atoms with Gasteiger partial charge in [0.15, 0.2) is 6.61 Å². The fraction of sp³-hybridized carbons (Fsp3) is 0.412. The molecule has 6 nitrogen and oxygen atoms in total. The molecule has 0 spiro atoms. The molecule has 0 atom stereocenters. The van der Waals surface area contributed by atoms with Crippen molar-refractivity contribution in [3.05, 3.63) is 47.1 Å². The van der Waals surface area contributed by atoms with E-state index in [0.29, 0.717) is 30.4 Å². The van der Waals surface area contributed by atoms with Gasteiger partial charge in [-0.15, -0.1) is 0 Å². The van der Waals surface area contributed by atoms with Crippen molar-refractivity contribution in [2.24, 2.45) is 0 Å². The molecule has 0 N–H and O–H groups in total. The summed E-state index contributed by atoms with van der Waals surface area (Å²) in [5, 5.41) is 0.644. The molecule has 3 rings (SSSR count). The van der Waals surface area contributed by atoms with Crippen LogP contribution in [0.25, 0.3) is 0 Å². The van der Waals surface area contributed by atoms with Crippen LogP contribution in [0.4, 0.5) is 0 Å². The van der Waals surface area contributed by atoms with E-state index in [4.69, 9.17) is 20.8 Å². The molecule has 0 saturated carbocycles. The number of piperazine rings is 1. The molecule has 2 aromatic rings. The predicted molar refractivity (Wildman–Crippen MR) is 90.0 cm³/mol. The van der Waals surface area contributed by atoms with Gasteiger partial charge in [-0.25, -0.2) is 4.98 Å². The SMILES string of the molecule is Cc1cnc(CN2CCN(C(=O)COc3ccc(Cl)cc3)CC2)o1. The molecule has 0 radical (unpaired) electrons. The average molecular weight is 350 g/mol. The molecule has 1 aromatic heterocycles. The number of ether oxygens (including phenoxy) is 1. The molecule has 1 aromatic carbocycles. The van der Waals surface area contributed by atoms with Crippen molar-refractivity contribution in [3.63, 3.8) is 0 Å². The van der Waals surface area contributed by atoms with Crippen molar-refractivity contribution in [3.8, 4) is 5.75 Å². The zero-order valence-electron chi connectivity index (χ0n) is 13.6. The van der Waals surface area contributed by atoms with Crippen LogP contribution >= 0.6 is 11.6 Å². The van der Waals surface area contributed by atoms with E-state index in [-0.39, 0.29) is 12.5 Å². The van der Waals surface area contributed by atoms with Gasteiger partial charge in [-0.05, 0) is 31.2 Å². The van der Waals surface area contributed by atoms with Gasteiger partial charge in [-0.2, -0.15) is 0 Å². The number of aromatic nitrogens is 1. The largest absolute Gasteiger partial charge is 0.484 e. The summed E-state index contributed by atoms with van der Waals surface area (Å²) in [4.78, 5) is 20.5. The quantitative estimate of drug-likeness (QED) is 0.829. The fourth-order valence-corrected chi connectivity index (χ4v) is 2.71. The standard InChI is InChI=1S/C17H20ClN3O3/c1-13-10-19-16(24-13)11-20-6-8-21(9-7-20)17(22)12-23-15-4-2-14(18)3-5-15/h2-5,10H,6-9,11-12H2,1H3. The normalized spacial score (nSPS) is 15.5. The van der Waals surface area contributed by atoms with Crippen LogP contribution in [-0.2, 0) is 11.3 Å².